The SMILES string of the molecule is CCCCCCC(C)CC(C)(C)CO. The van der Waals surface area contributed by atoms with Crippen LogP contribution in [0.25, 0.3) is 0 Å². The molecule has 1 atom stereocenters. The third-order valence-corrected chi connectivity index (χ3v) is 2.88. The van der Waals surface area contributed by atoms with Gasteiger partial charge in [0.25, 0.3) is 0 Å². The van der Waals surface area contributed by atoms with Crippen LogP contribution in [0.15, 0.2) is 0 Å². The van der Waals surface area contributed by atoms with Gasteiger partial charge >= 0.3 is 0 Å². The van der Waals surface area contributed by atoms with Crippen molar-refractivity contribution in [2.45, 2.75) is 66.2 Å². The minimum atomic E-state index is 0.115. The maximum Gasteiger partial charge on any atom is 0.0482 e. The van der Waals surface area contributed by atoms with Crippen LogP contribution in [-0.4, -0.2) is 11.7 Å². The summed E-state index contributed by atoms with van der Waals surface area (Å²) in [5.41, 5.74) is 0.115. The summed E-state index contributed by atoms with van der Waals surface area (Å²) >= 11 is 0. The zero-order chi connectivity index (χ0) is 11.0. The van der Waals surface area contributed by atoms with Gasteiger partial charge in [-0.2, -0.15) is 0 Å². The molecule has 0 radical (unpaired) electrons. The van der Waals surface area contributed by atoms with Crippen LogP contribution in [0.2, 0.25) is 0 Å². The van der Waals surface area contributed by atoms with Gasteiger partial charge in [-0.05, 0) is 17.8 Å². The van der Waals surface area contributed by atoms with Gasteiger partial charge in [-0.15, -0.1) is 0 Å². The van der Waals surface area contributed by atoms with Crippen molar-refractivity contribution < 1.29 is 5.11 Å². The first kappa shape index (κ1) is 14.0. The van der Waals surface area contributed by atoms with Crippen LogP contribution < -0.4 is 0 Å². The average Bonchev–Trinajstić information content (AvgIpc) is 2.12. The highest BCUT2D eigenvalue weighted by Crippen LogP contribution is 2.27. The molecule has 0 rings (SSSR count). The second-order valence-electron chi connectivity index (χ2n) is 5.48. The number of unbranched alkanes of at least 4 members (excludes halogenated alkanes) is 3. The van der Waals surface area contributed by atoms with Crippen molar-refractivity contribution in [3.63, 3.8) is 0 Å². The molecule has 0 amide bonds. The quantitative estimate of drug-likeness (QED) is 0.587. The predicted molar refractivity (Wildman–Crippen MR) is 63.4 cm³/mol. The first-order valence-electron chi connectivity index (χ1n) is 6.12. The fourth-order valence-electron chi connectivity index (χ4n) is 2.03. The van der Waals surface area contributed by atoms with E-state index in [2.05, 4.69) is 27.7 Å². The van der Waals surface area contributed by atoms with Crippen LogP contribution in [0.5, 0.6) is 0 Å². The van der Waals surface area contributed by atoms with Crippen LogP contribution in [0, 0.1) is 11.3 Å². The summed E-state index contributed by atoms with van der Waals surface area (Å²) in [6, 6.07) is 0. The smallest absolute Gasteiger partial charge is 0.0482 e. The van der Waals surface area contributed by atoms with Crippen LogP contribution in [-0.2, 0) is 0 Å². The van der Waals surface area contributed by atoms with Crippen molar-refractivity contribution in [2.24, 2.45) is 11.3 Å². The van der Waals surface area contributed by atoms with Crippen LogP contribution >= 0.6 is 0 Å². The van der Waals surface area contributed by atoms with E-state index in [1.807, 2.05) is 0 Å². The van der Waals surface area contributed by atoms with Gasteiger partial charge in [0.1, 0.15) is 0 Å². The van der Waals surface area contributed by atoms with Gasteiger partial charge in [-0.3, -0.25) is 0 Å². The molecule has 0 aromatic heterocycles. The number of hydrogen-bond donors (Lipinski definition) is 1. The Labute approximate surface area is 89.9 Å². The molecule has 0 aliphatic rings. The average molecular weight is 200 g/mol. The number of rotatable bonds is 8. The first-order chi connectivity index (χ1) is 6.52. The molecular weight excluding hydrogens is 172 g/mol. The van der Waals surface area contributed by atoms with E-state index in [1.54, 1.807) is 0 Å². The van der Waals surface area contributed by atoms with Gasteiger partial charge in [-0.25, -0.2) is 0 Å². The lowest BCUT2D eigenvalue weighted by Gasteiger charge is -2.25. The van der Waals surface area contributed by atoms with Gasteiger partial charge in [0.2, 0.25) is 0 Å². The molecular formula is C13H28O. The molecule has 1 unspecified atom stereocenters. The Bertz CT molecular complexity index is 129. The molecule has 0 bridgehead atoms. The van der Waals surface area contributed by atoms with Crippen molar-refractivity contribution in [3.05, 3.63) is 0 Å². The Morgan fingerprint density at radius 1 is 1.14 bits per heavy atom. The van der Waals surface area contributed by atoms with Crippen molar-refractivity contribution in [2.75, 3.05) is 6.61 Å². The molecule has 1 N–H and O–H groups in total. The highest BCUT2D eigenvalue weighted by Gasteiger charge is 2.19. The van der Waals surface area contributed by atoms with Crippen molar-refractivity contribution in [1.29, 1.82) is 0 Å². The summed E-state index contributed by atoms with van der Waals surface area (Å²) in [5.74, 6) is 0.758. The molecule has 0 aromatic rings. The zero-order valence-electron chi connectivity index (χ0n) is 10.5. The highest BCUT2D eigenvalue weighted by atomic mass is 16.3. The summed E-state index contributed by atoms with van der Waals surface area (Å²) in [7, 11) is 0. The van der Waals surface area contributed by atoms with E-state index in [0.29, 0.717) is 6.61 Å². The standard InChI is InChI=1S/C13H28O/c1-5-6-7-8-9-12(2)10-13(3,4)11-14/h12,14H,5-11H2,1-4H3. The monoisotopic (exact) mass is 200 g/mol. The van der Waals surface area contributed by atoms with E-state index in [0.717, 1.165) is 12.3 Å². The number of aliphatic hydroxyl groups excluding tert-OH is 1. The van der Waals surface area contributed by atoms with E-state index in [4.69, 9.17) is 5.11 Å². The summed E-state index contributed by atoms with van der Waals surface area (Å²) < 4.78 is 0. The Morgan fingerprint density at radius 2 is 1.79 bits per heavy atom. The van der Waals surface area contributed by atoms with Crippen LogP contribution in [0.3, 0.4) is 0 Å². The summed E-state index contributed by atoms with van der Waals surface area (Å²) in [6.45, 7) is 9.17. The fourth-order valence-corrected chi connectivity index (χ4v) is 2.03. The molecule has 86 valence electrons. The lowest BCUT2D eigenvalue weighted by Crippen LogP contribution is -2.20. The Kier molecular flexibility index (Phi) is 7.26. The fraction of sp³-hybridized carbons (Fsp3) is 1.00. The molecule has 0 saturated heterocycles. The largest absolute Gasteiger partial charge is 0.396 e. The topological polar surface area (TPSA) is 20.2 Å². The minimum Gasteiger partial charge on any atom is -0.396 e. The van der Waals surface area contributed by atoms with E-state index in [1.165, 1.54) is 32.1 Å². The third-order valence-electron chi connectivity index (χ3n) is 2.88. The Hall–Kier alpha value is -0.0400. The Balaban J connectivity index is 3.49. The molecule has 14 heavy (non-hydrogen) atoms. The van der Waals surface area contributed by atoms with Gasteiger partial charge < -0.3 is 5.11 Å². The summed E-state index contributed by atoms with van der Waals surface area (Å²) in [6.07, 6.45) is 7.89. The molecule has 0 fully saturated rings. The van der Waals surface area contributed by atoms with E-state index < -0.39 is 0 Å². The van der Waals surface area contributed by atoms with Crippen molar-refractivity contribution in [1.82, 2.24) is 0 Å². The van der Waals surface area contributed by atoms with E-state index >= 15 is 0 Å². The van der Waals surface area contributed by atoms with Crippen molar-refractivity contribution in [3.8, 4) is 0 Å². The normalized spacial score (nSPS) is 14.4. The molecule has 0 spiro atoms. The number of aliphatic hydroxyl groups is 1. The second kappa shape index (κ2) is 7.28. The first-order valence-corrected chi connectivity index (χ1v) is 6.12. The maximum absolute atomic E-state index is 9.15. The van der Waals surface area contributed by atoms with Crippen LogP contribution in [0.1, 0.15) is 66.2 Å². The van der Waals surface area contributed by atoms with Gasteiger partial charge in [0, 0.05) is 6.61 Å². The second-order valence-corrected chi connectivity index (χ2v) is 5.48. The maximum atomic E-state index is 9.15. The predicted octanol–water partition coefficient (Wildman–Crippen LogP) is 4.00. The van der Waals surface area contributed by atoms with Crippen molar-refractivity contribution >= 4 is 0 Å². The zero-order valence-corrected chi connectivity index (χ0v) is 10.5. The highest BCUT2D eigenvalue weighted by molar-refractivity contribution is 4.70. The summed E-state index contributed by atoms with van der Waals surface area (Å²) in [5, 5.41) is 9.15. The van der Waals surface area contributed by atoms with Gasteiger partial charge in [0.15, 0.2) is 0 Å². The van der Waals surface area contributed by atoms with E-state index in [-0.39, 0.29) is 5.41 Å². The van der Waals surface area contributed by atoms with Crippen LogP contribution in [0.4, 0.5) is 0 Å². The molecule has 0 heterocycles. The third kappa shape index (κ3) is 7.37. The molecule has 1 heteroatoms. The minimum absolute atomic E-state index is 0.115. The molecule has 0 aliphatic carbocycles. The molecule has 0 aliphatic heterocycles. The van der Waals surface area contributed by atoms with E-state index in [9.17, 15) is 0 Å². The molecule has 0 saturated carbocycles. The lowest BCUT2D eigenvalue weighted by molar-refractivity contribution is 0.130. The number of hydrogen-bond acceptors (Lipinski definition) is 1. The molecule has 0 aromatic carbocycles. The molecule has 1 nitrogen and oxygen atoms in total. The lowest BCUT2D eigenvalue weighted by atomic mass is 9.82. The van der Waals surface area contributed by atoms with Gasteiger partial charge in [-0.1, -0.05) is 59.8 Å². The summed E-state index contributed by atoms with van der Waals surface area (Å²) in [4.78, 5) is 0. The Morgan fingerprint density at radius 3 is 2.29 bits per heavy atom. The van der Waals surface area contributed by atoms with Gasteiger partial charge in [0.05, 0.1) is 0 Å².